The zero-order chi connectivity index (χ0) is 88.2. The number of hydrogen-bond acceptors (Lipinski definition) is 18. The maximum absolute atomic E-state index is 11.2. The van der Waals surface area contributed by atoms with Gasteiger partial charge in [0.2, 0.25) is 0 Å². The first-order valence-electron chi connectivity index (χ1n) is 39.7. The summed E-state index contributed by atoms with van der Waals surface area (Å²) < 4.78 is 11.0. The minimum Gasteiger partial charge on any atom is -1.00 e. The molecule has 0 unspecified atom stereocenters. The molecule has 646 valence electrons. The summed E-state index contributed by atoms with van der Waals surface area (Å²) >= 11 is 22.3. The number of halogens is 8. The fourth-order valence-electron chi connectivity index (χ4n) is 12.4. The number of unbranched alkanes of at least 4 members (excludes halogenated alkanes) is 3. The van der Waals surface area contributed by atoms with E-state index in [0.29, 0.717) is 35.3 Å². The third-order valence-electron chi connectivity index (χ3n) is 17.9. The van der Waals surface area contributed by atoms with Gasteiger partial charge in [-0.15, -0.1) is 0 Å². The van der Waals surface area contributed by atoms with Gasteiger partial charge in [0.15, 0.2) is 0 Å². The molecule has 23 nitrogen and oxygen atoms in total. The number of nitro groups is 1. The summed E-state index contributed by atoms with van der Waals surface area (Å²) in [6.45, 7) is 26.3. The van der Waals surface area contributed by atoms with Crippen molar-refractivity contribution in [3.8, 4) is 5.75 Å². The number of fused-ring (bicyclic) bond motifs is 4. The number of aromatic nitrogens is 12. The van der Waals surface area contributed by atoms with E-state index in [1.165, 1.54) is 78.1 Å². The molecule has 0 aliphatic rings. The molecule has 0 aliphatic heterocycles. The Labute approximate surface area is 884 Å². The van der Waals surface area contributed by atoms with Crippen LogP contribution in [0.5, 0.6) is 5.75 Å². The van der Waals surface area contributed by atoms with Crippen LogP contribution in [0.2, 0.25) is 13.3 Å². The van der Waals surface area contributed by atoms with E-state index in [-0.39, 0.29) is 131 Å². The zero-order valence-electron chi connectivity index (χ0n) is 72.7. The van der Waals surface area contributed by atoms with E-state index in [4.69, 9.17) is 20.8 Å². The molecule has 0 amide bonds. The van der Waals surface area contributed by atoms with Gasteiger partial charge in [-0.05, 0) is 172 Å². The number of nitrogens with two attached hydrogens (primary N) is 1. The number of nitrogens with zero attached hydrogens (tertiary/aromatic N) is 14. The second-order valence-electron chi connectivity index (χ2n) is 29.3. The summed E-state index contributed by atoms with van der Waals surface area (Å²) in [7, 11) is 0. The summed E-state index contributed by atoms with van der Waals surface area (Å²) in [5.74, 6) is 6.98. The topological polar surface area (TPSA) is 277 Å². The number of benzene rings is 10. The fourth-order valence-corrected chi connectivity index (χ4v) is 30.5. The molecule has 4 heterocycles. The van der Waals surface area contributed by atoms with E-state index in [1.54, 1.807) is 13.2 Å². The molecule has 0 bridgehead atoms. The normalized spacial score (nSPS) is 10.5. The summed E-state index contributed by atoms with van der Waals surface area (Å²) in [5.41, 5.74) is 13.1. The van der Waals surface area contributed by atoms with Gasteiger partial charge in [-0.3, -0.25) is 14.9 Å². The fraction of sp³-hybridized carbons (Fsp3) is 0.315. The van der Waals surface area contributed by atoms with Crippen molar-refractivity contribution in [2.24, 2.45) is 29.6 Å². The smallest absolute Gasteiger partial charge is 1.00 e. The molecule has 34 heteroatoms. The number of carbonyl (C=O) groups is 1. The van der Waals surface area contributed by atoms with Crippen LogP contribution in [0.4, 0.5) is 39.8 Å². The quantitative estimate of drug-likeness (QED) is 0.00920. The minimum absolute atomic E-state index is 0. The van der Waals surface area contributed by atoms with Crippen LogP contribution in [0, 0.1) is 33.8 Å². The average Bonchev–Trinajstić information content (AvgIpc) is 1.61. The Morgan fingerprint density at radius 1 is 0.472 bits per heavy atom. The summed E-state index contributed by atoms with van der Waals surface area (Å²) in [4.78, 5) is 40.2. The second kappa shape index (κ2) is 61.6. The van der Waals surface area contributed by atoms with E-state index in [0.717, 1.165) is 82.6 Å². The summed E-state index contributed by atoms with van der Waals surface area (Å²) in [6.07, 6.45) is 8.20. The number of alkyl halides is 1. The standard InChI is InChI=1S/C18H14BrN.C18H14N.C10H11Br2N5O4.C10H11Br2N3.C10H13N3.C6H5N3.C4H9I.3C4H9.CH2O3.Br2.2K.Sn.H/c19-15-11-13-18(14-12-15)20(16-7-3-1-4-8-16)17-9-5-2-6-10-17;1-4-10-16(11-5-1)19(17-12-6-2-7-13-17)18-14-8-3-9-15-18;1-4(2)3-16-14-7-5(11)9(17(18)19)10(20-21-13)6(12)8(7)15-16;1-6(2)5-15-13-9-7(11)3-4-8(12)10(9)14-15;1-8(2)7-13-11-9-5-3-4-6-10(9)12-13;1-2-4-6-5(3-1)7-9-8-6;1-4(2)3-5;3*1-3-4-2;2-1-4-3;1-2;;;;/h1-14H;1-2,4-15H;4H,3,13H2,1-2H3;3-4,6H,5H2,1-2H3;3-6,8H,7H2,1-2H3;1-4H,(H,7,8,9);4H,3H2,1-2H3;3*1,3-4H2,2H3;1,3H;;;;;/q;;;;;;;;;;;;2*+1;;-1/p-1. The molecule has 0 aliphatic carbocycles. The molecule has 0 saturated heterocycles. The molecule has 123 heavy (non-hydrogen) atoms. The molecule has 0 saturated carbocycles. The number of nitrogens with one attached hydrogen (secondary N) is 1. The number of aromatic amines is 1. The van der Waals surface area contributed by atoms with Crippen LogP contribution in [0.3, 0.4) is 0 Å². The van der Waals surface area contributed by atoms with Gasteiger partial charge < -0.3 is 21.4 Å². The van der Waals surface area contributed by atoms with Crippen molar-refractivity contribution in [2.75, 3.05) is 14.2 Å². The van der Waals surface area contributed by atoms with Gasteiger partial charge in [0.05, 0.1) is 24.6 Å². The van der Waals surface area contributed by atoms with Crippen molar-refractivity contribution in [3.05, 3.63) is 263 Å². The van der Waals surface area contributed by atoms with Crippen molar-refractivity contribution < 1.29 is 134 Å². The van der Waals surface area contributed by atoms with Crippen molar-refractivity contribution in [3.63, 3.8) is 0 Å². The molecule has 3 N–H and O–H groups in total. The first-order valence-corrected chi connectivity index (χ1v) is 56.4. The van der Waals surface area contributed by atoms with Gasteiger partial charge in [-0.1, -0.05) is 160 Å². The molecular weight excluding hydrogens is 2290 g/mol. The predicted octanol–water partition coefficient (Wildman–Crippen LogP) is 20.8. The van der Waals surface area contributed by atoms with Crippen LogP contribution in [0.15, 0.2) is 253 Å². The Balaban J connectivity index is 0.000000385. The molecule has 14 rings (SSSR count). The van der Waals surface area contributed by atoms with Crippen molar-refractivity contribution in [1.29, 1.82) is 0 Å². The van der Waals surface area contributed by atoms with Crippen LogP contribution < -0.4 is 132 Å². The Morgan fingerprint density at radius 2 is 0.772 bits per heavy atom. The predicted molar refractivity (Wildman–Crippen MR) is 529 cm³/mol. The number of hydrogen-bond donors (Lipinski definition) is 2. The van der Waals surface area contributed by atoms with Crippen LogP contribution in [0.1, 0.15) is 116 Å². The van der Waals surface area contributed by atoms with Gasteiger partial charge in [0.1, 0.15) is 53.1 Å². The largest absolute Gasteiger partial charge is 1.00 e. The first kappa shape index (κ1) is 111. The molecule has 14 aromatic rings. The van der Waals surface area contributed by atoms with Gasteiger partial charge >= 0.3 is 310 Å². The monoisotopic (exact) mass is 2390 g/mol. The summed E-state index contributed by atoms with van der Waals surface area (Å²) in [6, 6.07) is 80.1. The molecule has 0 spiro atoms. The Hall–Kier alpha value is -3.89. The van der Waals surface area contributed by atoms with E-state index in [1.807, 2.05) is 86.6 Å². The number of carbonyl (C=O) groups excluding carboxylic acids is 1. The van der Waals surface area contributed by atoms with E-state index < -0.39 is 23.3 Å². The zero-order valence-corrected chi connectivity index (χ0v) is 94.1. The van der Waals surface area contributed by atoms with Crippen LogP contribution in [-0.4, -0.2) is 94.6 Å². The van der Waals surface area contributed by atoms with Crippen LogP contribution in [-0.2, 0) is 34.3 Å². The summed E-state index contributed by atoms with van der Waals surface area (Å²) in [5, 5.41) is 56.1. The minimum atomic E-state index is -2.39. The Bertz CT molecular complexity index is 5100. The van der Waals surface area contributed by atoms with Crippen molar-refractivity contribution in [2.45, 2.75) is 148 Å². The molecule has 0 fully saturated rings. The average molecular weight is 2400 g/mol. The molecule has 10 aromatic carbocycles. The molecular formula is C89H106Br7IK2N16O7Sn. The number of rotatable bonds is 27. The van der Waals surface area contributed by atoms with E-state index in [9.17, 15) is 10.1 Å². The molecule has 4 aromatic heterocycles. The van der Waals surface area contributed by atoms with Gasteiger partial charge in [-0.25, -0.2) is 0 Å². The number of para-hydroxylation sites is 6. The van der Waals surface area contributed by atoms with Crippen molar-refractivity contribution in [1.82, 2.24) is 60.4 Å². The molecule has 0 atom stereocenters. The van der Waals surface area contributed by atoms with Crippen LogP contribution >= 0.6 is 130 Å². The second-order valence-corrected chi connectivity index (χ2v) is 47.6. The van der Waals surface area contributed by atoms with Gasteiger partial charge in [0.25, 0.3) is 12.2 Å². The Kier molecular flexibility index (Phi) is 55.8. The SMILES string of the molecule is BrBr.Brc1ccc(N(c2ccccc2)c2ccccc2)cc1.CC(C)CI.CC(C)Cn1nc2c(Br)c(OON)c([N+](=O)[O-])c(Br)c2n1.CC(C)Cn1nc2c(Br)ccc(Br)c2n1.CC(C)Cn1nc2ccccc2n1.CCC[CH2][Sn]([CH2]CCC)([CH2]CCC)[c]1ccc(N(c2ccccc2)c2ccccc2)cc1.O=CO[O-].[H-].[K+].[K+].c1ccc2n[nH]nc2c1. The van der Waals surface area contributed by atoms with Gasteiger partial charge in [0, 0.05) is 63.2 Å². The maximum atomic E-state index is 11.2. The third-order valence-corrected chi connectivity index (χ3v) is 38.6. The first-order chi connectivity index (χ1) is 58.4. The van der Waals surface area contributed by atoms with E-state index in [2.05, 4.69) is 416 Å². The Morgan fingerprint density at radius 3 is 1.08 bits per heavy atom. The number of H-pyrrole nitrogens is 1. The number of anilines is 6. The van der Waals surface area contributed by atoms with Gasteiger partial charge in [-0.2, -0.15) is 66.3 Å². The van der Waals surface area contributed by atoms with Crippen molar-refractivity contribution >= 4 is 243 Å². The third kappa shape index (κ3) is 36.8. The maximum Gasteiger partial charge on any atom is 1.00 e. The molecule has 0 radical (unpaired) electrons. The van der Waals surface area contributed by atoms with E-state index >= 15 is 0 Å². The number of nitro benzene ring substituents is 1. The van der Waals surface area contributed by atoms with Crippen LogP contribution in [0.25, 0.3) is 44.1 Å².